The van der Waals surface area contributed by atoms with E-state index < -0.39 is 0 Å². The first kappa shape index (κ1) is 19.9. The Bertz CT molecular complexity index is 819. The quantitative estimate of drug-likeness (QED) is 0.526. The molecule has 0 spiro atoms. The summed E-state index contributed by atoms with van der Waals surface area (Å²) in [5.41, 5.74) is 0.847. The third kappa shape index (κ3) is 5.86. The molecule has 0 saturated carbocycles. The molecule has 0 unspecified atom stereocenters. The largest absolute Gasteiger partial charge is 0.497 e. The van der Waals surface area contributed by atoms with Gasteiger partial charge in [-0.25, -0.2) is 0 Å². The summed E-state index contributed by atoms with van der Waals surface area (Å²) >= 11 is 11.8. The normalized spacial score (nSPS) is 10.3. The second kappa shape index (κ2) is 9.36. The molecule has 0 aliphatic rings. The number of halogens is 2. The maximum atomic E-state index is 12.1. The number of methoxy groups -OCH3 is 1. The molecule has 0 saturated heterocycles. The number of carbonyl (C=O) groups excluding carboxylic acids is 3. The van der Waals surface area contributed by atoms with Crippen molar-refractivity contribution in [1.29, 1.82) is 0 Å². The number of benzene rings is 2. The van der Waals surface area contributed by atoms with Gasteiger partial charge in [-0.3, -0.25) is 14.4 Å². The smallest absolute Gasteiger partial charge is 0.224 e. The number of rotatable bonds is 8. The Hall–Kier alpha value is -2.37. The lowest BCUT2D eigenvalue weighted by Crippen LogP contribution is -2.15. The van der Waals surface area contributed by atoms with Crippen molar-refractivity contribution in [2.24, 2.45) is 0 Å². The summed E-state index contributed by atoms with van der Waals surface area (Å²) in [6.07, 6.45) is -0.312. The minimum atomic E-state index is -0.362. The standard InChI is InChI=1S/C19H17Cl2NO4/c1-26-15-6-2-12(3-7-15)18(24)11-14(23)5-9-19(25)22-17-8-4-13(20)10-16(17)21/h2-4,6-8,10H,5,9,11H2,1H3,(H,22,25). The zero-order valence-electron chi connectivity index (χ0n) is 14.1. The fourth-order valence-electron chi connectivity index (χ4n) is 2.20. The van der Waals surface area contributed by atoms with E-state index >= 15 is 0 Å². The number of amides is 1. The van der Waals surface area contributed by atoms with E-state index in [0.717, 1.165) is 0 Å². The lowest BCUT2D eigenvalue weighted by atomic mass is 10.0. The second-order valence-corrected chi connectivity index (χ2v) is 6.38. The molecule has 136 valence electrons. The molecule has 2 rings (SSSR count). The Kier molecular flexibility index (Phi) is 7.18. The molecule has 0 radical (unpaired) electrons. The first-order valence-electron chi connectivity index (χ1n) is 7.83. The first-order chi connectivity index (χ1) is 12.4. The van der Waals surface area contributed by atoms with Crippen LogP contribution in [0.5, 0.6) is 5.75 Å². The predicted molar refractivity (Wildman–Crippen MR) is 101 cm³/mol. The fourth-order valence-corrected chi connectivity index (χ4v) is 2.66. The molecule has 1 amide bonds. The van der Waals surface area contributed by atoms with Crippen LogP contribution >= 0.6 is 23.2 Å². The highest BCUT2D eigenvalue weighted by Gasteiger charge is 2.14. The number of hydrogen-bond acceptors (Lipinski definition) is 4. The number of carbonyl (C=O) groups is 3. The summed E-state index contributed by atoms with van der Waals surface area (Å²) < 4.78 is 5.02. The number of hydrogen-bond donors (Lipinski definition) is 1. The van der Waals surface area contributed by atoms with Gasteiger partial charge in [0.15, 0.2) is 5.78 Å². The van der Waals surface area contributed by atoms with Crippen LogP contribution in [0.3, 0.4) is 0 Å². The molecule has 2 aromatic rings. The van der Waals surface area contributed by atoms with Gasteiger partial charge in [0.1, 0.15) is 11.5 Å². The molecule has 0 fully saturated rings. The molecule has 26 heavy (non-hydrogen) atoms. The van der Waals surface area contributed by atoms with Gasteiger partial charge in [-0.05, 0) is 42.5 Å². The van der Waals surface area contributed by atoms with Crippen molar-refractivity contribution in [2.45, 2.75) is 19.3 Å². The third-order valence-corrected chi connectivity index (χ3v) is 4.15. The molecule has 2 aromatic carbocycles. The van der Waals surface area contributed by atoms with Crippen molar-refractivity contribution in [3.8, 4) is 5.75 Å². The summed E-state index contributed by atoms with van der Waals surface area (Å²) in [7, 11) is 1.53. The van der Waals surface area contributed by atoms with Gasteiger partial charge in [-0.1, -0.05) is 23.2 Å². The van der Waals surface area contributed by atoms with Gasteiger partial charge < -0.3 is 10.1 Å². The van der Waals surface area contributed by atoms with Crippen molar-refractivity contribution >= 4 is 46.4 Å². The Morgan fingerprint density at radius 1 is 1.00 bits per heavy atom. The van der Waals surface area contributed by atoms with Crippen molar-refractivity contribution in [1.82, 2.24) is 0 Å². The number of ether oxygens (including phenoxy) is 1. The van der Waals surface area contributed by atoms with Gasteiger partial charge in [0.05, 0.1) is 24.2 Å². The van der Waals surface area contributed by atoms with Crippen LogP contribution in [-0.4, -0.2) is 24.6 Å². The van der Waals surface area contributed by atoms with E-state index in [2.05, 4.69) is 5.32 Å². The van der Waals surface area contributed by atoms with Gasteiger partial charge >= 0.3 is 0 Å². The molecule has 7 heteroatoms. The molecular weight excluding hydrogens is 377 g/mol. The summed E-state index contributed by atoms with van der Waals surface area (Å²) in [4.78, 5) is 36.0. The van der Waals surface area contributed by atoms with Crippen molar-refractivity contribution in [2.75, 3.05) is 12.4 Å². The highest BCUT2D eigenvalue weighted by molar-refractivity contribution is 6.36. The van der Waals surface area contributed by atoms with E-state index in [1.54, 1.807) is 36.4 Å². The molecular formula is C19H17Cl2NO4. The third-order valence-electron chi connectivity index (χ3n) is 3.61. The van der Waals surface area contributed by atoms with Crippen LogP contribution in [0.25, 0.3) is 0 Å². The SMILES string of the molecule is COc1ccc(C(=O)CC(=O)CCC(=O)Nc2ccc(Cl)cc2Cl)cc1. The topological polar surface area (TPSA) is 72.5 Å². The number of Topliss-reactive ketones (excluding diaryl/α,β-unsaturated/α-hetero) is 2. The summed E-state index contributed by atoms with van der Waals surface area (Å²) in [6.45, 7) is 0. The van der Waals surface area contributed by atoms with Gasteiger partial charge in [0.25, 0.3) is 0 Å². The van der Waals surface area contributed by atoms with Crippen molar-refractivity contribution in [3.05, 3.63) is 58.1 Å². The Balaban J connectivity index is 1.81. The Labute approximate surface area is 161 Å². The predicted octanol–water partition coefficient (Wildman–Crippen LogP) is 4.56. The van der Waals surface area contributed by atoms with Crippen molar-refractivity contribution in [3.63, 3.8) is 0 Å². The minimum Gasteiger partial charge on any atom is -0.497 e. The van der Waals surface area contributed by atoms with Crippen LogP contribution in [-0.2, 0) is 9.59 Å². The lowest BCUT2D eigenvalue weighted by molar-refractivity contribution is -0.122. The molecule has 0 bridgehead atoms. The van der Waals surface area contributed by atoms with E-state index in [1.165, 1.54) is 13.2 Å². The molecule has 0 aromatic heterocycles. The average molecular weight is 394 g/mol. The first-order valence-corrected chi connectivity index (χ1v) is 8.58. The van der Waals surface area contributed by atoms with E-state index in [9.17, 15) is 14.4 Å². The molecule has 1 N–H and O–H groups in total. The Morgan fingerprint density at radius 2 is 1.69 bits per heavy atom. The van der Waals surface area contributed by atoms with Crippen molar-refractivity contribution < 1.29 is 19.1 Å². The average Bonchev–Trinajstić information content (AvgIpc) is 2.62. The maximum Gasteiger partial charge on any atom is 0.224 e. The van der Waals surface area contributed by atoms with E-state index in [0.29, 0.717) is 27.0 Å². The van der Waals surface area contributed by atoms with E-state index in [1.807, 2.05) is 0 Å². The zero-order chi connectivity index (χ0) is 19.1. The highest BCUT2D eigenvalue weighted by atomic mass is 35.5. The van der Waals surface area contributed by atoms with Gasteiger partial charge in [-0.15, -0.1) is 0 Å². The summed E-state index contributed by atoms with van der Waals surface area (Å²) in [5, 5.41) is 3.38. The van der Waals surface area contributed by atoms with Crippen LogP contribution in [0.4, 0.5) is 5.69 Å². The van der Waals surface area contributed by atoms with Crippen LogP contribution in [0, 0.1) is 0 Å². The molecule has 5 nitrogen and oxygen atoms in total. The van der Waals surface area contributed by atoms with Crippen LogP contribution in [0.2, 0.25) is 10.0 Å². The van der Waals surface area contributed by atoms with Crippen LogP contribution in [0.15, 0.2) is 42.5 Å². The van der Waals surface area contributed by atoms with Gasteiger partial charge in [-0.2, -0.15) is 0 Å². The Morgan fingerprint density at radius 3 is 2.31 bits per heavy atom. The summed E-state index contributed by atoms with van der Waals surface area (Å²) in [6, 6.07) is 11.2. The second-order valence-electron chi connectivity index (χ2n) is 5.54. The van der Waals surface area contributed by atoms with Gasteiger partial charge in [0.2, 0.25) is 5.91 Å². The van der Waals surface area contributed by atoms with Crippen LogP contribution < -0.4 is 10.1 Å². The molecule has 0 aliphatic heterocycles. The molecule has 0 heterocycles. The minimum absolute atomic E-state index is 0.0288. The van der Waals surface area contributed by atoms with Crippen LogP contribution in [0.1, 0.15) is 29.6 Å². The number of ketones is 2. The number of nitrogens with one attached hydrogen (secondary N) is 1. The molecule has 0 aliphatic carbocycles. The highest BCUT2D eigenvalue weighted by Crippen LogP contribution is 2.25. The fraction of sp³-hybridized carbons (Fsp3) is 0.211. The molecule has 0 atom stereocenters. The summed E-state index contributed by atoms with van der Waals surface area (Å²) in [5.74, 6) is -0.327. The number of anilines is 1. The monoisotopic (exact) mass is 393 g/mol. The lowest BCUT2D eigenvalue weighted by Gasteiger charge is -2.07. The zero-order valence-corrected chi connectivity index (χ0v) is 15.6. The maximum absolute atomic E-state index is 12.1. The van der Waals surface area contributed by atoms with Gasteiger partial charge in [0, 0.05) is 23.4 Å². The van der Waals surface area contributed by atoms with E-state index in [4.69, 9.17) is 27.9 Å². The van der Waals surface area contributed by atoms with E-state index in [-0.39, 0.29) is 36.7 Å².